The van der Waals surface area contributed by atoms with E-state index >= 15 is 0 Å². The van der Waals surface area contributed by atoms with Gasteiger partial charge in [-0.15, -0.1) is 11.3 Å². The van der Waals surface area contributed by atoms with E-state index in [9.17, 15) is 0 Å². The summed E-state index contributed by atoms with van der Waals surface area (Å²) >= 11 is 5.02. The van der Waals surface area contributed by atoms with Crippen molar-refractivity contribution in [3.8, 4) is 11.6 Å². The Morgan fingerprint density at radius 1 is 1.22 bits per heavy atom. The number of aromatic nitrogens is 2. The Labute approximate surface area is 117 Å². The van der Waals surface area contributed by atoms with Crippen molar-refractivity contribution in [2.45, 2.75) is 6.92 Å². The number of benzene rings is 1. The van der Waals surface area contributed by atoms with Gasteiger partial charge in [-0.3, -0.25) is 0 Å². The second kappa shape index (κ2) is 4.66. The molecule has 3 nitrogen and oxygen atoms in total. The zero-order chi connectivity index (χ0) is 12.5. The van der Waals surface area contributed by atoms with Crippen LogP contribution in [0, 0.1) is 6.92 Å². The maximum atomic E-state index is 5.87. The fourth-order valence-electron chi connectivity index (χ4n) is 1.68. The predicted octanol–water partition coefficient (Wildman–Crippen LogP) is 4.55. The van der Waals surface area contributed by atoms with Crippen LogP contribution in [0.4, 0.5) is 0 Å². The second-order valence-electron chi connectivity index (χ2n) is 3.83. The third-order valence-corrected chi connectivity index (χ3v) is 3.88. The van der Waals surface area contributed by atoms with Gasteiger partial charge in [-0.2, -0.15) is 0 Å². The average Bonchev–Trinajstić information content (AvgIpc) is 2.82. The monoisotopic (exact) mass is 320 g/mol. The Bertz CT molecular complexity index is 711. The largest absolute Gasteiger partial charge is 0.438 e. The summed E-state index contributed by atoms with van der Waals surface area (Å²) in [4.78, 5) is 9.34. The molecule has 0 aliphatic rings. The molecule has 3 rings (SSSR count). The van der Waals surface area contributed by atoms with Crippen molar-refractivity contribution in [1.29, 1.82) is 0 Å². The molecule has 0 saturated heterocycles. The van der Waals surface area contributed by atoms with Crippen molar-refractivity contribution >= 4 is 37.5 Å². The van der Waals surface area contributed by atoms with Crippen LogP contribution < -0.4 is 4.74 Å². The summed E-state index contributed by atoms with van der Waals surface area (Å²) in [5.41, 5.74) is 1.06. The van der Waals surface area contributed by atoms with Gasteiger partial charge in [0, 0.05) is 4.47 Å². The molecule has 0 radical (unpaired) electrons. The molecule has 5 heteroatoms. The summed E-state index contributed by atoms with van der Waals surface area (Å²) in [5.74, 6) is 1.41. The SMILES string of the molecule is Cc1cc(Br)ccc1Oc1ncnc2sccc12. The number of fused-ring (bicyclic) bond motifs is 1. The maximum absolute atomic E-state index is 5.87. The first kappa shape index (κ1) is 11.6. The van der Waals surface area contributed by atoms with E-state index in [4.69, 9.17) is 4.74 Å². The summed E-state index contributed by atoms with van der Waals surface area (Å²) in [6, 6.07) is 7.87. The molecule has 90 valence electrons. The van der Waals surface area contributed by atoms with Crippen LogP contribution in [0.25, 0.3) is 10.2 Å². The Morgan fingerprint density at radius 3 is 2.94 bits per heavy atom. The van der Waals surface area contributed by atoms with Crippen LogP contribution >= 0.6 is 27.3 Å². The Hall–Kier alpha value is -1.46. The third-order valence-electron chi connectivity index (χ3n) is 2.57. The summed E-state index contributed by atoms with van der Waals surface area (Å²) in [6.45, 7) is 2.01. The van der Waals surface area contributed by atoms with E-state index in [2.05, 4.69) is 25.9 Å². The van der Waals surface area contributed by atoms with Crippen LogP contribution in [0.2, 0.25) is 0 Å². The lowest BCUT2D eigenvalue weighted by molar-refractivity contribution is 0.464. The van der Waals surface area contributed by atoms with Gasteiger partial charge in [-0.1, -0.05) is 15.9 Å². The van der Waals surface area contributed by atoms with E-state index in [0.717, 1.165) is 26.0 Å². The fourth-order valence-corrected chi connectivity index (χ4v) is 2.88. The van der Waals surface area contributed by atoms with Crippen molar-refractivity contribution in [3.05, 3.63) is 46.0 Å². The van der Waals surface area contributed by atoms with Gasteiger partial charge in [0.2, 0.25) is 5.88 Å². The van der Waals surface area contributed by atoms with E-state index in [1.807, 2.05) is 36.6 Å². The van der Waals surface area contributed by atoms with Crippen molar-refractivity contribution < 1.29 is 4.74 Å². The van der Waals surface area contributed by atoms with Gasteiger partial charge >= 0.3 is 0 Å². The van der Waals surface area contributed by atoms with Crippen LogP contribution in [0.1, 0.15) is 5.56 Å². The van der Waals surface area contributed by atoms with Gasteiger partial charge in [0.25, 0.3) is 0 Å². The molecule has 2 aromatic heterocycles. The third kappa shape index (κ3) is 2.11. The predicted molar refractivity (Wildman–Crippen MR) is 76.4 cm³/mol. The second-order valence-corrected chi connectivity index (χ2v) is 5.64. The van der Waals surface area contributed by atoms with Gasteiger partial charge in [-0.25, -0.2) is 9.97 Å². The van der Waals surface area contributed by atoms with E-state index < -0.39 is 0 Å². The van der Waals surface area contributed by atoms with Gasteiger partial charge < -0.3 is 4.74 Å². The zero-order valence-electron chi connectivity index (χ0n) is 9.55. The van der Waals surface area contributed by atoms with Crippen molar-refractivity contribution in [2.75, 3.05) is 0 Å². The number of thiophene rings is 1. The Balaban J connectivity index is 2.03. The van der Waals surface area contributed by atoms with Crippen LogP contribution in [0.3, 0.4) is 0 Å². The molecule has 1 aromatic carbocycles. The summed E-state index contributed by atoms with van der Waals surface area (Å²) in [6.07, 6.45) is 1.53. The first-order valence-electron chi connectivity index (χ1n) is 5.36. The van der Waals surface area contributed by atoms with Crippen LogP contribution in [0.5, 0.6) is 11.6 Å². The Morgan fingerprint density at radius 2 is 2.11 bits per heavy atom. The Kier molecular flexibility index (Phi) is 3.01. The minimum Gasteiger partial charge on any atom is -0.438 e. The molecule has 0 spiro atoms. The standard InChI is InChI=1S/C13H9BrN2OS/c1-8-6-9(14)2-3-11(8)17-12-10-4-5-18-13(10)16-7-15-12/h2-7H,1H3. The first-order chi connectivity index (χ1) is 8.74. The normalized spacial score (nSPS) is 10.8. The minimum absolute atomic E-state index is 0.603. The summed E-state index contributed by atoms with van der Waals surface area (Å²) < 4.78 is 6.91. The highest BCUT2D eigenvalue weighted by molar-refractivity contribution is 9.10. The number of nitrogens with zero attached hydrogens (tertiary/aromatic N) is 2. The molecule has 0 aliphatic carbocycles. The lowest BCUT2D eigenvalue weighted by Gasteiger charge is -2.08. The van der Waals surface area contributed by atoms with Gasteiger partial charge in [0.15, 0.2) is 0 Å². The number of aryl methyl sites for hydroxylation is 1. The van der Waals surface area contributed by atoms with Crippen LogP contribution in [-0.4, -0.2) is 9.97 Å². The molecule has 0 fully saturated rings. The van der Waals surface area contributed by atoms with Crippen LogP contribution in [-0.2, 0) is 0 Å². The molecule has 0 unspecified atom stereocenters. The number of halogens is 1. The number of ether oxygens (including phenoxy) is 1. The molecule has 0 saturated carbocycles. The molecule has 0 amide bonds. The molecule has 0 bridgehead atoms. The lowest BCUT2D eigenvalue weighted by atomic mass is 10.2. The lowest BCUT2D eigenvalue weighted by Crippen LogP contribution is -1.91. The molecular weight excluding hydrogens is 312 g/mol. The first-order valence-corrected chi connectivity index (χ1v) is 7.03. The van der Waals surface area contributed by atoms with E-state index in [0.29, 0.717) is 5.88 Å². The molecular formula is C13H9BrN2OS. The minimum atomic E-state index is 0.603. The van der Waals surface area contributed by atoms with Crippen LogP contribution in [0.15, 0.2) is 40.4 Å². The molecule has 3 aromatic rings. The van der Waals surface area contributed by atoms with Crippen molar-refractivity contribution in [3.63, 3.8) is 0 Å². The summed E-state index contributed by atoms with van der Waals surface area (Å²) in [7, 11) is 0. The highest BCUT2D eigenvalue weighted by Crippen LogP contribution is 2.31. The smallest absolute Gasteiger partial charge is 0.231 e. The highest BCUT2D eigenvalue weighted by atomic mass is 79.9. The molecule has 0 N–H and O–H groups in total. The van der Waals surface area contributed by atoms with Crippen molar-refractivity contribution in [1.82, 2.24) is 9.97 Å². The zero-order valence-corrected chi connectivity index (χ0v) is 12.0. The summed E-state index contributed by atoms with van der Waals surface area (Å²) in [5, 5.41) is 2.94. The van der Waals surface area contributed by atoms with Crippen molar-refractivity contribution in [2.24, 2.45) is 0 Å². The van der Waals surface area contributed by atoms with E-state index in [1.54, 1.807) is 11.3 Å². The van der Waals surface area contributed by atoms with Gasteiger partial charge in [0.1, 0.15) is 16.9 Å². The number of rotatable bonds is 2. The van der Waals surface area contributed by atoms with Gasteiger partial charge in [0.05, 0.1) is 5.39 Å². The molecule has 0 atom stereocenters. The number of hydrogen-bond acceptors (Lipinski definition) is 4. The van der Waals surface area contributed by atoms with E-state index in [1.165, 1.54) is 6.33 Å². The van der Waals surface area contributed by atoms with E-state index in [-0.39, 0.29) is 0 Å². The average molecular weight is 321 g/mol. The molecule has 18 heavy (non-hydrogen) atoms. The fraction of sp³-hybridized carbons (Fsp3) is 0.0769. The quantitative estimate of drug-likeness (QED) is 0.694. The van der Waals surface area contributed by atoms with Gasteiger partial charge in [-0.05, 0) is 42.1 Å². The number of hydrogen-bond donors (Lipinski definition) is 0. The molecule has 0 aliphatic heterocycles. The molecule has 2 heterocycles. The highest BCUT2D eigenvalue weighted by Gasteiger charge is 2.08. The topological polar surface area (TPSA) is 35.0 Å². The maximum Gasteiger partial charge on any atom is 0.231 e.